The van der Waals surface area contributed by atoms with Gasteiger partial charge in [-0.1, -0.05) is 83.1 Å². The molecule has 0 N–H and O–H groups in total. The molecule has 0 aromatic carbocycles. The van der Waals surface area contributed by atoms with Crippen LogP contribution in [0.1, 0.15) is 346 Å². The van der Waals surface area contributed by atoms with Gasteiger partial charge in [0.25, 0.3) is 0 Å². The van der Waals surface area contributed by atoms with E-state index in [0.29, 0.717) is 76.8 Å². The first-order valence-electron chi connectivity index (χ1n) is 50.0. The molecule has 4 unspecified atom stereocenters. The number of likely N-dealkylation sites (tertiary alicyclic amines) is 13. The van der Waals surface area contributed by atoms with Gasteiger partial charge in [-0.15, -0.1) is 0 Å². The molecule has 13 aliphatic rings. The number of fused-ring (bicyclic) bond motifs is 3. The summed E-state index contributed by atoms with van der Waals surface area (Å²) in [6.45, 7) is 124. The number of hydrogen-bond acceptors (Lipinski definition) is 13. The monoisotopic (exact) mass is 1640 g/mol. The minimum Gasteiger partial charge on any atom is -0.302 e. The molecule has 13 fully saturated rings. The zero-order valence-electron chi connectivity index (χ0n) is 85.8. The van der Waals surface area contributed by atoms with Gasteiger partial charge < -0.3 is 14.7 Å². The van der Waals surface area contributed by atoms with Crippen molar-refractivity contribution in [2.24, 2.45) is 79.8 Å². The second-order valence-electron chi connectivity index (χ2n) is 54.9. The van der Waals surface area contributed by atoms with E-state index in [4.69, 9.17) is 0 Å². The van der Waals surface area contributed by atoms with E-state index in [0.717, 1.165) is 53.4 Å². The van der Waals surface area contributed by atoms with E-state index in [1.165, 1.54) is 293 Å². The van der Waals surface area contributed by atoms with Crippen LogP contribution in [0.4, 0.5) is 0 Å². The van der Waals surface area contributed by atoms with Crippen molar-refractivity contribution < 1.29 is 0 Å². The van der Waals surface area contributed by atoms with Gasteiger partial charge in [0.15, 0.2) is 0 Å². The summed E-state index contributed by atoms with van der Waals surface area (Å²) in [5.41, 5.74) is 5.88. The van der Waals surface area contributed by atoms with Crippen molar-refractivity contribution in [1.29, 1.82) is 0 Å². The molecule has 13 heterocycles. The quantitative estimate of drug-likeness (QED) is 0.254. The van der Waals surface area contributed by atoms with Crippen LogP contribution in [-0.2, 0) is 0 Å². The SMILES string of the molecule is CC(C)(C)CN1CC(N2CCC(C(C)(C)C)CC2)C1.CC(C)(C)CN1CCC2CCN(C(C)(C)C)CC2C1.CC(C)(C)CN1CCCC2(CCN(C(C)(C)C)CC2)C1.CC(C)(C)N1CCC(CN2CC3CN(C(C)(C)C)CC3C2)CC1.CC(C)(C)N1CCC2(CC1)CCN(C(C)(C)C)C2.CC(C)(C)N1CCC2CCN(C(C)(C)C)CC2C1. The number of rotatable bonds is 6. The van der Waals surface area contributed by atoms with E-state index < -0.39 is 0 Å². The third-order valence-electron chi connectivity index (χ3n) is 31.7. The lowest BCUT2D eigenvalue weighted by Crippen LogP contribution is -2.62. The minimum atomic E-state index is 0.342. The van der Waals surface area contributed by atoms with Gasteiger partial charge >= 0.3 is 0 Å². The van der Waals surface area contributed by atoms with Crippen LogP contribution >= 0.6 is 0 Å². The molecular weight excluding hydrogens is 1430 g/mol. The van der Waals surface area contributed by atoms with Gasteiger partial charge in [-0.2, -0.15) is 0 Å². The van der Waals surface area contributed by atoms with Crippen molar-refractivity contribution in [3.63, 3.8) is 0 Å². The van der Waals surface area contributed by atoms with Crippen molar-refractivity contribution >= 4 is 0 Å². The van der Waals surface area contributed by atoms with E-state index in [-0.39, 0.29) is 0 Å². The van der Waals surface area contributed by atoms with Crippen molar-refractivity contribution in [3.8, 4) is 0 Å². The standard InChI is InChI=1S/C20H39N3.C18H36N2.2C17H34N2.2C16H32N2/c1-19(2,3)22-9-7-16(8-10-22)11-21-12-17-14-23(20(4,5)6)15-18(17)13-21;1-16(2,3)14-19-11-7-8-18(15-19)9-12-20(13-10-18)17(4,5)6;1-16(2,3)13-18-11-15(12-18)19-9-7-14(8-10-19)17(4,5)6;1-16(2,3)13-18-9-7-14-8-10-19(17(4,5)6)12-15(14)11-18;1-14(2,3)17-10-7-16(8-11-17)9-12-18(13-16)15(4,5)6;1-15(2,3)17-9-7-13-8-10-18(16(4,5)6)12-14(13)11-17/h16-18H,7-15H2,1-6H3;7-15H2,1-6H3;2*14-15H,7-13H2,1-6H3;7-13H2,1-6H3;13-14H,7-12H2,1-6H3. The lowest BCUT2D eigenvalue weighted by Gasteiger charge is -2.51. The highest BCUT2D eigenvalue weighted by atomic mass is 15.3. The first-order chi connectivity index (χ1) is 53.3. The highest BCUT2D eigenvalue weighted by Gasteiger charge is 2.49. The predicted octanol–water partition coefficient (Wildman–Crippen LogP) is 20.7. The summed E-state index contributed by atoms with van der Waals surface area (Å²) >= 11 is 0. The highest BCUT2D eigenvalue weighted by molar-refractivity contribution is 5.03. The third kappa shape index (κ3) is 32.0. The van der Waals surface area contributed by atoms with Crippen LogP contribution < -0.4 is 0 Å². The zero-order valence-corrected chi connectivity index (χ0v) is 85.8. The molecule has 117 heavy (non-hydrogen) atoms. The fraction of sp³-hybridized carbons (Fsp3) is 1.00. The fourth-order valence-corrected chi connectivity index (χ4v) is 23.8. The molecule has 13 aliphatic heterocycles. The Hall–Kier alpha value is -0.520. The van der Waals surface area contributed by atoms with E-state index >= 15 is 0 Å². The fourth-order valence-electron chi connectivity index (χ4n) is 23.8. The first kappa shape index (κ1) is 102. The molecule has 0 saturated carbocycles. The summed E-state index contributed by atoms with van der Waals surface area (Å²) in [5, 5.41) is 0. The Morgan fingerprint density at radius 1 is 0.231 bits per heavy atom. The molecule has 0 aromatic heterocycles. The second kappa shape index (κ2) is 40.0. The Bertz CT molecular complexity index is 2820. The van der Waals surface area contributed by atoms with Crippen LogP contribution in [-0.4, -0.2) is 310 Å². The summed E-state index contributed by atoms with van der Waals surface area (Å²) in [6.07, 6.45) is 21.2. The van der Waals surface area contributed by atoms with Gasteiger partial charge in [0.2, 0.25) is 0 Å². The average Bonchev–Trinajstić information content (AvgIpc) is 1.77. The Balaban J connectivity index is 0.000000176. The van der Waals surface area contributed by atoms with E-state index in [1.807, 2.05) is 0 Å². The van der Waals surface area contributed by atoms with E-state index in [9.17, 15) is 0 Å². The maximum Gasteiger partial charge on any atom is 0.0350 e. The van der Waals surface area contributed by atoms with Crippen LogP contribution in [0.15, 0.2) is 0 Å². The van der Waals surface area contributed by atoms with E-state index in [1.54, 1.807) is 0 Å². The summed E-state index contributed by atoms with van der Waals surface area (Å²) in [6, 6.07) is 0.850. The summed E-state index contributed by atoms with van der Waals surface area (Å²) < 4.78 is 0. The maximum absolute atomic E-state index is 2.80. The Morgan fingerprint density at radius 3 is 0.906 bits per heavy atom. The van der Waals surface area contributed by atoms with Crippen molar-refractivity contribution in [3.05, 3.63) is 0 Å². The van der Waals surface area contributed by atoms with Gasteiger partial charge in [-0.3, -0.25) is 49.0 Å². The normalized spacial score (nSPS) is 29.2. The molecule has 0 bridgehead atoms. The van der Waals surface area contributed by atoms with Crippen LogP contribution in [0.5, 0.6) is 0 Å². The van der Waals surface area contributed by atoms with Crippen molar-refractivity contribution in [2.75, 3.05) is 196 Å². The van der Waals surface area contributed by atoms with Crippen molar-refractivity contribution in [1.82, 2.24) is 63.7 Å². The van der Waals surface area contributed by atoms with E-state index in [2.05, 4.69) is 313 Å². The number of piperidine rings is 9. The van der Waals surface area contributed by atoms with Gasteiger partial charge in [0.05, 0.1) is 0 Å². The van der Waals surface area contributed by atoms with Gasteiger partial charge in [0.1, 0.15) is 0 Å². The molecule has 2 spiro atoms. The summed E-state index contributed by atoms with van der Waals surface area (Å²) in [4.78, 5) is 35.2. The van der Waals surface area contributed by atoms with Crippen LogP contribution in [0, 0.1) is 79.8 Å². The third-order valence-corrected chi connectivity index (χ3v) is 31.7. The summed E-state index contributed by atoms with van der Waals surface area (Å²) in [5.74, 6) is 7.51. The lowest BCUT2D eigenvalue weighted by atomic mass is 9.71. The van der Waals surface area contributed by atoms with Gasteiger partial charge in [-0.05, 0) is 434 Å². The predicted molar refractivity (Wildman–Crippen MR) is 512 cm³/mol. The largest absolute Gasteiger partial charge is 0.302 e. The molecule has 13 heteroatoms. The van der Waals surface area contributed by atoms with Gasteiger partial charge in [0, 0.05) is 155 Å². The van der Waals surface area contributed by atoms with Crippen LogP contribution in [0.2, 0.25) is 0 Å². The molecule has 0 radical (unpaired) electrons. The first-order valence-corrected chi connectivity index (χ1v) is 50.0. The van der Waals surface area contributed by atoms with Gasteiger partial charge in [-0.25, -0.2) is 0 Å². The molecule has 13 saturated heterocycles. The zero-order chi connectivity index (χ0) is 87.5. The summed E-state index contributed by atoms with van der Waals surface area (Å²) in [7, 11) is 0. The molecule has 4 atom stereocenters. The van der Waals surface area contributed by atoms with Crippen molar-refractivity contribution in [2.45, 2.75) is 396 Å². The highest BCUT2D eigenvalue weighted by Crippen LogP contribution is 2.47. The average molecular weight is 1640 g/mol. The molecular formula is C104H207N13. The lowest BCUT2D eigenvalue weighted by molar-refractivity contribution is -0.0211. The number of nitrogens with zero attached hydrogens (tertiary/aromatic N) is 13. The molecule has 688 valence electrons. The molecule has 13 nitrogen and oxygen atoms in total. The van der Waals surface area contributed by atoms with Crippen LogP contribution in [0.25, 0.3) is 0 Å². The maximum atomic E-state index is 2.80. The molecule has 0 aromatic rings. The minimum absolute atomic E-state index is 0.342. The molecule has 13 rings (SSSR count). The number of hydrogen-bond donors (Lipinski definition) is 0. The smallest absolute Gasteiger partial charge is 0.0350 e. The Morgan fingerprint density at radius 2 is 0.538 bits per heavy atom. The van der Waals surface area contributed by atoms with Crippen LogP contribution in [0.3, 0.4) is 0 Å². The molecule has 0 amide bonds. The Labute approximate surface area is 731 Å². The molecule has 0 aliphatic carbocycles. The Kier molecular flexibility index (Phi) is 34.8. The topological polar surface area (TPSA) is 42.1 Å². The second-order valence-corrected chi connectivity index (χ2v) is 54.9.